The second kappa shape index (κ2) is 17.1. The molecule has 0 radical (unpaired) electrons. The van der Waals surface area contributed by atoms with Gasteiger partial charge in [0.25, 0.3) is 0 Å². The standard InChI is InChI=1S/C36H50N4O6/c1-26(2)30-10-7-11-31(27(3)4)35(30)37-36(42)40(17-16-38-18-21-45-22-19-38)25-34(41)39(24-29-9-8-20-46-29)15-14-28-12-13-32(43-5)33(23-28)44-6/h7-13,20,23,26-27H,14-19,21-22,24-25H2,1-6H3,(H,37,42). The molecule has 0 saturated carbocycles. The summed E-state index contributed by atoms with van der Waals surface area (Å²) in [5.41, 5.74) is 3.99. The van der Waals surface area contributed by atoms with Gasteiger partial charge in [0.2, 0.25) is 5.91 Å². The van der Waals surface area contributed by atoms with Crippen molar-refractivity contribution >= 4 is 17.6 Å². The summed E-state index contributed by atoms with van der Waals surface area (Å²) in [6.07, 6.45) is 2.19. The van der Waals surface area contributed by atoms with Crippen LogP contribution in [-0.2, 0) is 22.5 Å². The zero-order chi connectivity index (χ0) is 33.1. The molecule has 46 heavy (non-hydrogen) atoms. The number of rotatable bonds is 15. The summed E-state index contributed by atoms with van der Waals surface area (Å²) < 4.78 is 22.0. The summed E-state index contributed by atoms with van der Waals surface area (Å²) in [5, 5.41) is 3.23. The van der Waals surface area contributed by atoms with Gasteiger partial charge in [0.1, 0.15) is 12.3 Å². The number of amides is 3. The minimum atomic E-state index is -0.283. The molecule has 2 heterocycles. The normalized spacial score (nSPS) is 13.6. The van der Waals surface area contributed by atoms with Crippen LogP contribution in [0.1, 0.15) is 62.0 Å². The molecule has 0 atom stereocenters. The molecule has 1 fully saturated rings. The molecule has 0 bridgehead atoms. The molecule has 0 unspecified atom stereocenters. The van der Waals surface area contributed by atoms with Crippen LogP contribution in [0.5, 0.6) is 11.5 Å². The average molecular weight is 635 g/mol. The highest BCUT2D eigenvalue weighted by Gasteiger charge is 2.25. The van der Waals surface area contributed by atoms with Crippen molar-refractivity contribution in [2.24, 2.45) is 0 Å². The highest BCUT2D eigenvalue weighted by atomic mass is 16.5. The Balaban J connectivity index is 1.56. The fraction of sp³-hybridized carbons (Fsp3) is 0.500. The van der Waals surface area contributed by atoms with E-state index in [2.05, 4.69) is 50.0 Å². The van der Waals surface area contributed by atoms with E-state index in [1.165, 1.54) is 0 Å². The fourth-order valence-electron chi connectivity index (χ4n) is 5.67. The monoisotopic (exact) mass is 634 g/mol. The minimum absolute atomic E-state index is 0.0658. The number of urea groups is 1. The van der Waals surface area contributed by atoms with Gasteiger partial charge < -0.3 is 33.7 Å². The zero-order valence-corrected chi connectivity index (χ0v) is 28.2. The maximum Gasteiger partial charge on any atom is 0.322 e. The number of furan rings is 1. The third kappa shape index (κ3) is 9.50. The van der Waals surface area contributed by atoms with Crippen molar-refractivity contribution in [1.82, 2.24) is 14.7 Å². The first-order valence-corrected chi connectivity index (χ1v) is 16.2. The number of nitrogens with zero attached hydrogens (tertiary/aromatic N) is 3. The predicted molar refractivity (Wildman–Crippen MR) is 180 cm³/mol. The van der Waals surface area contributed by atoms with Crippen LogP contribution >= 0.6 is 0 Å². The molecule has 250 valence electrons. The molecule has 1 aliphatic rings. The van der Waals surface area contributed by atoms with Crippen LogP contribution in [0.2, 0.25) is 0 Å². The smallest absolute Gasteiger partial charge is 0.322 e. The van der Waals surface area contributed by atoms with Crippen molar-refractivity contribution in [2.45, 2.75) is 52.5 Å². The number of carbonyl (C=O) groups is 2. The number of benzene rings is 2. The lowest BCUT2D eigenvalue weighted by molar-refractivity contribution is -0.132. The van der Waals surface area contributed by atoms with Gasteiger partial charge in [-0.3, -0.25) is 9.69 Å². The van der Waals surface area contributed by atoms with E-state index in [0.29, 0.717) is 63.1 Å². The lowest BCUT2D eigenvalue weighted by Crippen LogP contribution is -2.48. The van der Waals surface area contributed by atoms with Gasteiger partial charge in [0, 0.05) is 38.4 Å². The van der Waals surface area contributed by atoms with E-state index in [4.69, 9.17) is 18.6 Å². The summed E-state index contributed by atoms with van der Waals surface area (Å²) >= 11 is 0. The number of morpholine rings is 1. The third-order valence-corrected chi connectivity index (χ3v) is 8.41. The molecule has 1 aliphatic heterocycles. The second-order valence-corrected chi connectivity index (χ2v) is 12.3. The maximum absolute atomic E-state index is 14.1. The van der Waals surface area contributed by atoms with Crippen LogP contribution in [-0.4, -0.2) is 93.3 Å². The van der Waals surface area contributed by atoms with E-state index in [9.17, 15) is 9.59 Å². The Morgan fingerprint density at radius 3 is 2.20 bits per heavy atom. The topological polar surface area (TPSA) is 96.7 Å². The number of hydrogen-bond donors (Lipinski definition) is 1. The average Bonchev–Trinajstić information content (AvgIpc) is 3.58. The van der Waals surface area contributed by atoms with Gasteiger partial charge in [0.15, 0.2) is 11.5 Å². The summed E-state index contributed by atoms with van der Waals surface area (Å²) in [4.78, 5) is 33.8. The van der Waals surface area contributed by atoms with Crippen LogP contribution in [0.3, 0.4) is 0 Å². The molecule has 1 aromatic heterocycles. The number of anilines is 1. The zero-order valence-electron chi connectivity index (χ0n) is 28.2. The molecule has 3 aromatic rings. The minimum Gasteiger partial charge on any atom is -0.493 e. The Morgan fingerprint density at radius 2 is 1.59 bits per heavy atom. The molecule has 10 nitrogen and oxygen atoms in total. The maximum atomic E-state index is 14.1. The van der Waals surface area contributed by atoms with E-state index >= 15 is 0 Å². The number of para-hydroxylation sites is 1. The van der Waals surface area contributed by atoms with Gasteiger partial charge in [0.05, 0.1) is 40.2 Å². The van der Waals surface area contributed by atoms with Gasteiger partial charge in [-0.1, -0.05) is 52.0 Å². The van der Waals surface area contributed by atoms with E-state index < -0.39 is 0 Å². The highest BCUT2D eigenvalue weighted by Crippen LogP contribution is 2.33. The highest BCUT2D eigenvalue weighted by molar-refractivity contribution is 5.94. The molecular formula is C36H50N4O6. The van der Waals surface area contributed by atoms with Crippen LogP contribution in [0.4, 0.5) is 10.5 Å². The predicted octanol–water partition coefficient (Wildman–Crippen LogP) is 5.98. The van der Waals surface area contributed by atoms with Crippen LogP contribution in [0.15, 0.2) is 59.2 Å². The van der Waals surface area contributed by atoms with Crippen molar-refractivity contribution in [2.75, 3.05) is 72.0 Å². The first-order chi connectivity index (χ1) is 22.2. The molecule has 2 aromatic carbocycles. The van der Waals surface area contributed by atoms with Crippen molar-refractivity contribution in [3.05, 3.63) is 77.2 Å². The van der Waals surface area contributed by atoms with Gasteiger partial charge in [-0.25, -0.2) is 4.79 Å². The Hall–Kier alpha value is -4.02. The van der Waals surface area contributed by atoms with Gasteiger partial charge in [-0.05, 0) is 59.2 Å². The molecule has 0 spiro atoms. The Labute approximate surface area is 273 Å². The van der Waals surface area contributed by atoms with E-state index in [0.717, 1.165) is 35.5 Å². The second-order valence-electron chi connectivity index (χ2n) is 12.3. The first kappa shape index (κ1) is 34.8. The molecule has 1 saturated heterocycles. The summed E-state index contributed by atoms with van der Waals surface area (Å²) in [7, 11) is 3.21. The van der Waals surface area contributed by atoms with Crippen molar-refractivity contribution in [3.63, 3.8) is 0 Å². The first-order valence-electron chi connectivity index (χ1n) is 16.2. The van der Waals surface area contributed by atoms with E-state index in [1.807, 2.05) is 36.4 Å². The quantitative estimate of drug-likeness (QED) is 0.220. The van der Waals surface area contributed by atoms with E-state index in [1.54, 1.807) is 30.3 Å². The Bertz CT molecular complexity index is 1380. The van der Waals surface area contributed by atoms with Gasteiger partial charge in [-0.2, -0.15) is 0 Å². The number of carbonyl (C=O) groups excluding carboxylic acids is 2. The largest absolute Gasteiger partial charge is 0.493 e. The summed E-state index contributed by atoms with van der Waals surface area (Å²) in [6.45, 7) is 13.1. The van der Waals surface area contributed by atoms with Crippen molar-refractivity contribution < 1.29 is 28.2 Å². The number of nitrogens with one attached hydrogen (secondary N) is 1. The number of hydrogen-bond acceptors (Lipinski definition) is 7. The van der Waals surface area contributed by atoms with Crippen LogP contribution in [0, 0.1) is 0 Å². The molecule has 0 aliphatic carbocycles. The number of methoxy groups -OCH3 is 2. The van der Waals surface area contributed by atoms with Crippen molar-refractivity contribution in [1.29, 1.82) is 0 Å². The Morgan fingerprint density at radius 1 is 0.891 bits per heavy atom. The molecule has 4 rings (SSSR count). The third-order valence-electron chi connectivity index (χ3n) is 8.41. The molecule has 1 N–H and O–H groups in total. The fourth-order valence-corrected chi connectivity index (χ4v) is 5.67. The van der Waals surface area contributed by atoms with Crippen molar-refractivity contribution in [3.8, 4) is 11.5 Å². The number of ether oxygens (including phenoxy) is 3. The Kier molecular flexibility index (Phi) is 12.9. The van der Waals surface area contributed by atoms with Crippen LogP contribution < -0.4 is 14.8 Å². The van der Waals surface area contributed by atoms with Gasteiger partial charge in [-0.15, -0.1) is 0 Å². The van der Waals surface area contributed by atoms with Gasteiger partial charge >= 0.3 is 6.03 Å². The molecule has 10 heteroatoms. The molecular weight excluding hydrogens is 584 g/mol. The SMILES string of the molecule is COc1ccc(CCN(Cc2ccco2)C(=O)CN(CCN2CCOCC2)C(=O)Nc2c(C(C)C)cccc2C(C)C)cc1OC. The van der Waals surface area contributed by atoms with Crippen LogP contribution in [0.25, 0.3) is 0 Å². The van der Waals surface area contributed by atoms with E-state index in [-0.39, 0.29) is 30.3 Å². The lowest BCUT2D eigenvalue weighted by atomic mass is 9.93. The molecule has 3 amide bonds. The summed E-state index contributed by atoms with van der Waals surface area (Å²) in [6, 6.07) is 15.3. The lowest BCUT2D eigenvalue weighted by Gasteiger charge is -2.32. The summed E-state index contributed by atoms with van der Waals surface area (Å²) in [5.74, 6) is 2.25.